The average Bonchev–Trinajstić information content (AvgIpc) is 3.17. The zero-order valence-electron chi connectivity index (χ0n) is 15.7. The van der Waals surface area contributed by atoms with Crippen molar-refractivity contribution < 1.29 is 4.74 Å². The number of rotatable bonds is 2. The minimum Gasteiger partial charge on any atom is -0.481 e. The molecule has 1 saturated carbocycles. The molecule has 0 spiro atoms. The molecule has 3 atom stereocenters. The largest absolute Gasteiger partial charge is 0.481 e. The van der Waals surface area contributed by atoms with Gasteiger partial charge in [0.05, 0.1) is 0 Å². The lowest BCUT2D eigenvalue weighted by atomic mass is 9.74. The minimum absolute atomic E-state index is 0.317. The fourth-order valence-corrected chi connectivity index (χ4v) is 5.69. The molecule has 0 saturated heterocycles. The lowest BCUT2D eigenvalue weighted by Gasteiger charge is -2.36. The molecule has 0 radical (unpaired) electrons. The van der Waals surface area contributed by atoms with Crippen LogP contribution >= 0.6 is 15.9 Å². The summed E-state index contributed by atoms with van der Waals surface area (Å²) in [5, 5.41) is 0. The number of aryl methyl sites for hydroxylation is 2. The summed E-state index contributed by atoms with van der Waals surface area (Å²) in [5.74, 6) is 1.84. The molecule has 3 unspecified atom stereocenters. The van der Waals surface area contributed by atoms with Crippen molar-refractivity contribution in [2.75, 3.05) is 0 Å². The molecule has 1 nitrogen and oxygen atoms in total. The first-order valence-electron chi connectivity index (χ1n) is 9.71. The van der Waals surface area contributed by atoms with Gasteiger partial charge in [-0.15, -0.1) is 0 Å². The number of fused-ring (bicyclic) bond motifs is 3. The van der Waals surface area contributed by atoms with Crippen LogP contribution in [0.15, 0.2) is 71.2 Å². The Morgan fingerprint density at radius 1 is 0.889 bits per heavy atom. The van der Waals surface area contributed by atoms with E-state index in [1.807, 2.05) is 0 Å². The van der Waals surface area contributed by atoms with Gasteiger partial charge < -0.3 is 4.74 Å². The summed E-state index contributed by atoms with van der Waals surface area (Å²) in [4.78, 5) is 0. The van der Waals surface area contributed by atoms with Gasteiger partial charge in [-0.3, -0.25) is 0 Å². The fraction of sp³-hybridized carbons (Fsp3) is 0.280. The Bertz CT molecular complexity index is 993. The van der Waals surface area contributed by atoms with E-state index in [0.29, 0.717) is 11.8 Å². The number of ether oxygens (including phenoxy) is 1. The van der Waals surface area contributed by atoms with E-state index in [2.05, 4.69) is 96.5 Å². The van der Waals surface area contributed by atoms with E-state index >= 15 is 0 Å². The van der Waals surface area contributed by atoms with Gasteiger partial charge in [-0.2, -0.15) is 0 Å². The maximum Gasteiger partial charge on any atom is 0.148 e. The number of hydrogen-bond acceptors (Lipinski definition) is 1. The fourth-order valence-electron chi connectivity index (χ4n) is 5.43. The molecule has 5 rings (SSSR count). The topological polar surface area (TPSA) is 9.23 Å². The monoisotopic (exact) mass is 418 g/mol. The van der Waals surface area contributed by atoms with Crippen LogP contribution < -0.4 is 4.74 Å². The van der Waals surface area contributed by atoms with Gasteiger partial charge in [-0.05, 0) is 67.1 Å². The SMILES string of the molecule is Cc1cc(C)c2c(c1)OC1(c3ccc(Br)cc3)C(c3ccccc3)CCC21. The molecular formula is C25H23BrO. The molecule has 1 aliphatic carbocycles. The third kappa shape index (κ3) is 2.50. The highest BCUT2D eigenvalue weighted by atomic mass is 79.9. The van der Waals surface area contributed by atoms with Crippen molar-refractivity contribution in [3.8, 4) is 5.75 Å². The maximum absolute atomic E-state index is 6.96. The van der Waals surface area contributed by atoms with Crippen molar-refractivity contribution >= 4 is 15.9 Å². The highest BCUT2D eigenvalue weighted by Gasteiger charge is 2.59. The summed E-state index contributed by atoms with van der Waals surface area (Å²) in [6.45, 7) is 4.40. The number of halogens is 1. The summed E-state index contributed by atoms with van der Waals surface area (Å²) < 4.78 is 8.07. The molecule has 0 bridgehead atoms. The van der Waals surface area contributed by atoms with Crippen LogP contribution in [0.1, 0.15) is 52.5 Å². The van der Waals surface area contributed by atoms with Crippen LogP contribution in [0.4, 0.5) is 0 Å². The molecule has 0 aromatic heterocycles. The van der Waals surface area contributed by atoms with Crippen molar-refractivity contribution in [3.05, 3.63) is 99.0 Å². The van der Waals surface area contributed by atoms with Crippen LogP contribution in [0, 0.1) is 13.8 Å². The van der Waals surface area contributed by atoms with Crippen molar-refractivity contribution in [1.82, 2.24) is 0 Å². The lowest BCUT2D eigenvalue weighted by Crippen LogP contribution is -2.36. The van der Waals surface area contributed by atoms with Crippen LogP contribution in [-0.2, 0) is 5.60 Å². The van der Waals surface area contributed by atoms with Gasteiger partial charge in [0, 0.05) is 21.9 Å². The van der Waals surface area contributed by atoms with E-state index < -0.39 is 0 Å². The van der Waals surface area contributed by atoms with Gasteiger partial charge in [0.15, 0.2) is 0 Å². The van der Waals surface area contributed by atoms with Gasteiger partial charge in [0.1, 0.15) is 11.4 Å². The van der Waals surface area contributed by atoms with Crippen molar-refractivity contribution in [2.24, 2.45) is 0 Å². The van der Waals surface area contributed by atoms with Crippen molar-refractivity contribution in [2.45, 2.75) is 44.1 Å². The van der Waals surface area contributed by atoms with Crippen LogP contribution in [-0.4, -0.2) is 0 Å². The molecule has 0 amide bonds. The first-order valence-corrected chi connectivity index (χ1v) is 10.5. The lowest BCUT2D eigenvalue weighted by molar-refractivity contribution is 0.0641. The Morgan fingerprint density at radius 3 is 2.33 bits per heavy atom. The molecule has 1 fully saturated rings. The maximum atomic E-state index is 6.96. The molecule has 2 heteroatoms. The first kappa shape index (κ1) is 17.1. The molecule has 3 aromatic rings. The minimum atomic E-state index is -0.317. The van der Waals surface area contributed by atoms with E-state index in [1.54, 1.807) is 0 Å². The summed E-state index contributed by atoms with van der Waals surface area (Å²) in [7, 11) is 0. The van der Waals surface area contributed by atoms with Crippen LogP contribution in [0.25, 0.3) is 0 Å². The smallest absolute Gasteiger partial charge is 0.148 e. The molecule has 1 heterocycles. The molecule has 27 heavy (non-hydrogen) atoms. The number of benzene rings is 3. The summed E-state index contributed by atoms with van der Waals surface area (Å²) >= 11 is 3.59. The standard InChI is InChI=1S/C25H23BrO/c1-16-14-17(2)24-22-13-12-21(18-6-4-3-5-7-18)25(22,27-23(24)15-16)19-8-10-20(26)11-9-19/h3-11,14-15,21-22H,12-13H2,1-2H3. The molecule has 3 aromatic carbocycles. The molecule has 136 valence electrons. The predicted molar refractivity (Wildman–Crippen MR) is 114 cm³/mol. The third-order valence-electron chi connectivity index (χ3n) is 6.40. The van der Waals surface area contributed by atoms with Gasteiger partial charge in [-0.1, -0.05) is 64.5 Å². The summed E-state index contributed by atoms with van der Waals surface area (Å²) in [5.41, 5.74) is 6.40. The van der Waals surface area contributed by atoms with Crippen LogP contribution in [0.3, 0.4) is 0 Å². The second kappa shape index (κ2) is 6.24. The molecule has 0 N–H and O–H groups in total. The van der Waals surface area contributed by atoms with E-state index in [4.69, 9.17) is 4.74 Å². The second-order valence-electron chi connectivity index (χ2n) is 7.99. The first-order chi connectivity index (χ1) is 13.1. The van der Waals surface area contributed by atoms with E-state index in [9.17, 15) is 0 Å². The average molecular weight is 419 g/mol. The van der Waals surface area contributed by atoms with Crippen LogP contribution in [0.2, 0.25) is 0 Å². The number of hydrogen-bond donors (Lipinski definition) is 0. The highest BCUT2D eigenvalue weighted by Crippen LogP contribution is 2.65. The quantitative estimate of drug-likeness (QED) is 0.434. The molecule has 2 aliphatic rings. The van der Waals surface area contributed by atoms with Gasteiger partial charge in [-0.25, -0.2) is 0 Å². The summed E-state index contributed by atoms with van der Waals surface area (Å²) in [6, 6.07) is 24.2. The van der Waals surface area contributed by atoms with Gasteiger partial charge in [0.25, 0.3) is 0 Å². The Labute approximate surface area is 169 Å². The zero-order chi connectivity index (χ0) is 18.6. The Kier molecular flexibility index (Phi) is 3.94. The molecular weight excluding hydrogens is 396 g/mol. The van der Waals surface area contributed by atoms with Gasteiger partial charge >= 0.3 is 0 Å². The Balaban J connectivity index is 1.73. The zero-order valence-corrected chi connectivity index (χ0v) is 17.3. The normalized spacial score (nSPS) is 25.7. The van der Waals surface area contributed by atoms with E-state index in [-0.39, 0.29) is 5.60 Å². The predicted octanol–water partition coefficient (Wildman–Crippen LogP) is 7.02. The van der Waals surface area contributed by atoms with Crippen molar-refractivity contribution in [1.29, 1.82) is 0 Å². The van der Waals surface area contributed by atoms with E-state index in [0.717, 1.165) is 23.1 Å². The van der Waals surface area contributed by atoms with E-state index in [1.165, 1.54) is 27.8 Å². The Morgan fingerprint density at radius 2 is 1.59 bits per heavy atom. The van der Waals surface area contributed by atoms with Crippen molar-refractivity contribution in [3.63, 3.8) is 0 Å². The third-order valence-corrected chi connectivity index (χ3v) is 6.93. The Hall–Kier alpha value is -2.06. The highest BCUT2D eigenvalue weighted by molar-refractivity contribution is 9.10. The van der Waals surface area contributed by atoms with Gasteiger partial charge in [0.2, 0.25) is 0 Å². The molecule has 1 aliphatic heterocycles. The summed E-state index contributed by atoms with van der Waals surface area (Å²) in [6.07, 6.45) is 2.31. The van der Waals surface area contributed by atoms with Crippen LogP contribution in [0.5, 0.6) is 5.75 Å². The second-order valence-corrected chi connectivity index (χ2v) is 8.90.